The molecule has 0 radical (unpaired) electrons. The van der Waals surface area contributed by atoms with Crippen LogP contribution in [0.5, 0.6) is 0 Å². The second-order valence-electron chi connectivity index (χ2n) is 4.79. The van der Waals surface area contributed by atoms with Crippen LogP contribution in [0.15, 0.2) is 30.5 Å². The number of hydrogen-bond donors (Lipinski definition) is 3. The maximum Gasteiger partial charge on any atom is 0.220 e. The number of amides is 1. The molecule has 19 heavy (non-hydrogen) atoms. The highest BCUT2D eigenvalue weighted by Crippen LogP contribution is 2.26. The highest BCUT2D eigenvalue weighted by molar-refractivity contribution is 5.98. The lowest BCUT2D eigenvalue weighted by molar-refractivity contribution is -0.119. The van der Waals surface area contributed by atoms with Gasteiger partial charge in [0.05, 0.1) is 11.2 Å². The van der Waals surface area contributed by atoms with Crippen LogP contribution in [0.4, 0.5) is 11.4 Å². The highest BCUT2D eigenvalue weighted by Gasteiger charge is 2.20. The van der Waals surface area contributed by atoms with Crippen molar-refractivity contribution in [1.29, 1.82) is 0 Å². The first kappa shape index (κ1) is 11.8. The molecule has 1 aliphatic rings. The molecule has 1 amide bonds. The maximum atomic E-state index is 11.2. The van der Waals surface area contributed by atoms with Gasteiger partial charge in [0, 0.05) is 36.3 Å². The van der Waals surface area contributed by atoms with Gasteiger partial charge in [0.2, 0.25) is 5.91 Å². The Kier molecular flexibility index (Phi) is 2.95. The Morgan fingerprint density at radius 3 is 3.11 bits per heavy atom. The van der Waals surface area contributed by atoms with Gasteiger partial charge in [-0.15, -0.1) is 0 Å². The number of hydrogen-bond acceptors (Lipinski definition) is 4. The molecule has 2 heterocycles. The number of nitrogens with one attached hydrogen (secondary N) is 2. The van der Waals surface area contributed by atoms with Crippen molar-refractivity contribution in [2.75, 3.05) is 17.6 Å². The molecule has 5 nitrogen and oxygen atoms in total. The molecule has 98 valence electrons. The van der Waals surface area contributed by atoms with Crippen LogP contribution in [0.25, 0.3) is 10.9 Å². The van der Waals surface area contributed by atoms with E-state index in [2.05, 4.69) is 15.6 Å². The smallest absolute Gasteiger partial charge is 0.220 e. The Hall–Kier alpha value is -2.30. The first-order chi connectivity index (χ1) is 9.24. The van der Waals surface area contributed by atoms with Crippen LogP contribution in [-0.4, -0.2) is 23.5 Å². The third kappa shape index (κ3) is 2.31. The molecule has 1 aromatic carbocycles. The van der Waals surface area contributed by atoms with E-state index in [1.807, 2.05) is 24.3 Å². The van der Waals surface area contributed by atoms with Gasteiger partial charge in [0.15, 0.2) is 0 Å². The minimum atomic E-state index is 0.135. The van der Waals surface area contributed by atoms with Crippen molar-refractivity contribution < 1.29 is 4.79 Å². The fourth-order valence-corrected chi connectivity index (χ4v) is 2.41. The SMILES string of the molecule is Nc1ccc(NCC2CCC(=O)N2)c2cccnc12. The van der Waals surface area contributed by atoms with E-state index in [0.29, 0.717) is 12.1 Å². The van der Waals surface area contributed by atoms with E-state index in [1.165, 1.54) is 0 Å². The molecule has 0 bridgehead atoms. The number of carbonyl (C=O) groups is 1. The second kappa shape index (κ2) is 4.76. The van der Waals surface area contributed by atoms with Crippen molar-refractivity contribution in [2.24, 2.45) is 0 Å². The van der Waals surface area contributed by atoms with Crippen molar-refractivity contribution in [2.45, 2.75) is 18.9 Å². The lowest BCUT2D eigenvalue weighted by atomic mass is 10.1. The van der Waals surface area contributed by atoms with E-state index < -0.39 is 0 Å². The third-order valence-corrected chi connectivity index (χ3v) is 3.42. The largest absolute Gasteiger partial charge is 0.397 e. The Morgan fingerprint density at radius 2 is 2.32 bits per heavy atom. The molecule has 1 aliphatic heterocycles. The maximum absolute atomic E-state index is 11.2. The average Bonchev–Trinajstić information content (AvgIpc) is 2.84. The van der Waals surface area contributed by atoms with Crippen molar-refractivity contribution in [1.82, 2.24) is 10.3 Å². The van der Waals surface area contributed by atoms with Gasteiger partial charge in [-0.1, -0.05) is 0 Å². The van der Waals surface area contributed by atoms with Crippen LogP contribution in [0.1, 0.15) is 12.8 Å². The van der Waals surface area contributed by atoms with Crippen LogP contribution >= 0.6 is 0 Å². The number of benzene rings is 1. The van der Waals surface area contributed by atoms with E-state index in [-0.39, 0.29) is 11.9 Å². The summed E-state index contributed by atoms with van der Waals surface area (Å²) < 4.78 is 0. The Morgan fingerprint density at radius 1 is 1.42 bits per heavy atom. The second-order valence-corrected chi connectivity index (χ2v) is 4.79. The fraction of sp³-hybridized carbons (Fsp3) is 0.286. The van der Waals surface area contributed by atoms with Crippen molar-refractivity contribution in [3.63, 3.8) is 0 Å². The van der Waals surface area contributed by atoms with Crippen molar-refractivity contribution >= 4 is 28.2 Å². The zero-order valence-electron chi connectivity index (χ0n) is 10.5. The summed E-state index contributed by atoms with van der Waals surface area (Å²) in [6, 6.07) is 7.90. The molecule has 1 atom stereocenters. The molecule has 4 N–H and O–H groups in total. The van der Waals surface area contributed by atoms with E-state index in [9.17, 15) is 4.79 Å². The Labute approximate surface area is 111 Å². The van der Waals surface area contributed by atoms with Crippen LogP contribution in [0.2, 0.25) is 0 Å². The van der Waals surface area contributed by atoms with Crippen LogP contribution < -0.4 is 16.4 Å². The standard InChI is InChI=1S/C14H16N4O/c15-11-4-5-12(10-2-1-7-16-14(10)11)17-8-9-3-6-13(19)18-9/h1-2,4-5,7,9,17H,3,6,8,15H2,(H,18,19). The van der Waals surface area contributed by atoms with Gasteiger partial charge in [-0.2, -0.15) is 0 Å². The van der Waals surface area contributed by atoms with Crippen LogP contribution in [-0.2, 0) is 4.79 Å². The molecular formula is C14H16N4O. The predicted octanol–water partition coefficient (Wildman–Crippen LogP) is 1.51. The number of nitrogen functional groups attached to an aromatic ring is 1. The monoisotopic (exact) mass is 256 g/mol. The highest BCUT2D eigenvalue weighted by atomic mass is 16.1. The van der Waals surface area contributed by atoms with Gasteiger partial charge in [-0.05, 0) is 30.7 Å². The van der Waals surface area contributed by atoms with Crippen LogP contribution in [0.3, 0.4) is 0 Å². The predicted molar refractivity (Wildman–Crippen MR) is 75.8 cm³/mol. The molecule has 1 saturated heterocycles. The van der Waals surface area contributed by atoms with Gasteiger partial charge in [0.25, 0.3) is 0 Å². The molecule has 1 unspecified atom stereocenters. The summed E-state index contributed by atoms with van der Waals surface area (Å²) in [5.41, 5.74) is 8.40. The van der Waals surface area contributed by atoms with Crippen molar-refractivity contribution in [3.8, 4) is 0 Å². The quantitative estimate of drug-likeness (QED) is 0.727. The Balaban J connectivity index is 1.81. The summed E-state index contributed by atoms with van der Waals surface area (Å²) >= 11 is 0. The molecule has 3 rings (SSSR count). The number of rotatable bonds is 3. The van der Waals surface area contributed by atoms with Gasteiger partial charge in [-0.25, -0.2) is 0 Å². The number of carbonyl (C=O) groups excluding carboxylic acids is 1. The molecule has 0 spiro atoms. The van der Waals surface area contributed by atoms with Gasteiger partial charge < -0.3 is 16.4 Å². The molecular weight excluding hydrogens is 240 g/mol. The van der Waals surface area contributed by atoms with E-state index in [4.69, 9.17) is 5.73 Å². The average molecular weight is 256 g/mol. The molecule has 0 saturated carbocycles. The lowest BCUT2D eigenvalue weighted by Gasteiger charge is -2.14. The normalized spacial score (nSPS) is 18.5. The minimum Gasteiger partial charge on any atom is -0.397 e. The van der Waals surface area contributed by atoms with Crippen LogP contribution in [0, 0.1) is 0 Å². The number of nitrogens with two attached hydrogens (primary N) is 1. The van der Waals surface area contributed by atoms with Gasteiger partial charge in [-0.3, -0.25) is 9.78 Å². The summed E-state index contributed by atoms with van der Waals surface area (Å²) in [6.45, 7) is 0.722. The number of pyridine rings is 1. The van der Waals surface area contributed by atoms with Gasteiger partial charge in [0.1, 0.15) is 0 Å². The molecule has 1 fully saturated rings. The number of aromatic nitrogens is 1. The Bertz CT molecular complexity index is 626. The third-order valence-electron chi connectivity index (χ3n) is 3.42. The molecule has 0 aliphatic carbocycles. The summed E-state index contributed by atoms with van der Waals surface area (Å²) in [7, 11) is 0. The molecule has 5 heteroatoms. The number of fused-ring (bicyclic) bond motifs is 1. The molecule has 2 aromatic rings. The number of anilines is 2. The lowest BCUT2D eigenvalue weighted by Crippen LogP contribution is -2.31. The molecule has 1 aromatic heterocycles. The minimum absolute atomic E-state index is 0.135. The van der Waals surface area contributed by atoms with E-state index in [1.54, 1.807) is 6.20 Å². The first-order valence-electron chi connectivity index (χ1n) is 6.40. The zero-order valence-corrected chi connectivity index (χ0v) is 10.5. The summed E-state index contributed by atoms with van der Waals surface area (Å²) in [5, 5.41) is 7.32. The summed E-state index contributed by atoms with van der Waals surface area (Å²) in [6.07, 6.45) is 3.24. The van der Waals surface area contributed by atoms with E-state index >= 15 is 0 Å². The van der Waals surface area contributed by atoms with Gasteiger partial charge >= 0.3 is 0 Å². The number of nitrogens with zero attached hydrogens (tertiary/aromatic N) is 1. The zero-order chi connectivity index (χ0) is 13.2. The first-order valence-corrected chi connectivity index (χ1v) is 6.40. The topological polar surface area (TPSA) is 80.0 Å². The van der Waals surface area contributed by atoms with Crippen molar-refractivity contribution in [3.05, 3.63) is 30.5 Å². The summed E-state index contributed by atoms with van der Waals surface area (Å²) in [4.78, 5) is 15.5. The fourth-order valence-electron chi connectivity index (χ4n) is 2.41. The summed E-state index contributed by atoms with van der Waals surface area (Å²) in [5.74, 6) is 0.135. The van der Waals surface area contributed by atoms with E-state index in [0.717, 1.165) is 29.6 Å².